The summed E-state index contributed by atoms with van der Waals surface area (Å²) in [5.74, 6) is -1.33. The fourth-order valence-corrected chi connectivity index (χ4v) is 2.58. The van der Waals surface area contributed by atoms with Crippen molar-refractivity contribution in [2.75, 3.05) is 5.73 Å². The molecule has 33 heavy (non-hydrogen) atoms. The number of benzene rings is 3. The van der Waals surface area contributed by atoms with Crippen molar-refractivity contribution in [3.63, 3.8) is 0 Å². The lowest BCUT2D eigenvalue weighted by Gasteiger charge is -2.05. The van der Waals surface area contributed by atoms with Crippen LogP contribution in [0.15, 0.2) is 71.8 Å². The van der Waals surface area contributed by atoms with E-state index >= 15 is 0 Å². The third-order valence-corrected chi connectivity index (χ3v) is 4.20. The van der Waals surface area contributed by atoms with Gasteiger partial charge >= 0.3 is 5.97 Å². The highest BCUT2D eigenvalue weighted by Crippen LogP contribution is 2.24. The van der Waals surface area contributed by atoms with Gasteiger partial charge in [-0.15, -0.1) is 0 Å². The summed E-state index contributed by atoms with van der Waals surface area (Å²) >= 11 is 0. The number of nitro groups is 2. The highest BCUT2D eigenvalue weighted by molar-refractivity contribution is 5.95. The third-order valence-electron chi connectivity index (χ3n) is 4.20. The summed E-state index contributed by atoms with van der Waals surface area (Å²) in [6.07, 6.45) is 1.37. The fraction of sp³-hybridized carbons (Fsp3) is 0. The first-order valence-corrected chi connectivity index (χ1v) is 9.18. The maximum absolute atomic E-state index is 12.3. The number of nitrogens with two attached hydrogens (primary N) is 1. The fourth-order valence-electron chi connectivity index (χ4n) is 2.58. The minimum atomic E-state index is -1.00. The molecule has 0 spiro atoms. The number of nitrogens with one attached hydrogen (secondary N) is 1. The maximum Gasteiger partial charge on any atom is 0.344 e. The van der Waals surface area contributed by atoms with Crippen LogP contribution in [0.4, 0.5) is 17.1 Å². The molecule has 0 aromatic heterocycles. The monoisotopic (exact) mass is 449 g/mol. The van der Waals surface area contributed by atoms with Gasteiger partial charge in [0, 0.05) is 23.4 Å². The summed E-state index contributed by atoms with van der Waals surface area (Å²) in [5, 5.41) is 25.8. The lowest BCUT2D eigenvalue weighted by Crippen LogP contribution is -2.17. The average Bonchev–Trinajstić information content (AvgIpc) is 2.80. The predicted octanol–water partition coefficient (Wildman–Crippen LogP) is 3.07. The van der Waals surface area contributed by atoms with Crippen molar-refractivity contribution >= 4 is 35.2 Å². The Morgan fingerprint density at radius 2 is 1.45 bits per heavy atom. The number of hydrogen-bond acceptors (Lipinski definition) is 9. The summed E-state index contributed by atoms with van der Waals surface area (Å²) in [6, 6.07) is 14.7. The highest BCUT2D eigenvalue weighted by atomic mass is 16.6. The van der Waals surface area contributed by atoms with Gasteiger partial charge in [0.25, 0.3) is 17.3 Å². The highest BCUT2D eigenvalue weighted by Gasteiger charge is 2.21. The number of carbonyl (C=O) groups is 2. The van der Waals surface area contributed by atoms with Crippen molar-refractivity contribution in [1.29, 1.82) is 0 Å². The number of nitrogens with zero attached hydrogens (tertiary/aromatic N) is 3. The second-order valence-corrected chi connectivity index (χ2v) is 6.53. The smallest absolute Gasteiger partial charge is 0.344 e. The van der Waals surface area contributed by atoms with Crippen molar-refractivity contribution in [1.82, 2.24) is 5.43 Å². The summed E-state index contributed by atoms with van der Waals surface area (Å²) in [4.78, 5) is 44.5. The van der Waals surface area contributed by atoms with Gasteiger partial charge in [-0.2, -0.15) is 5.10 Å². The standard InChI is InChI=1S/C21H15N5O7/c22-16-5-3-14(4-6-16)20(27)24-23-12-13-1-7-19(8-2-13)33-21(28)15-9-17(25(29)30)11-18(10-15)26(31)32/h1-12H,22H2,(H,24,27)/b23-12-. The molecule has 0 saturated heterocycles. The van der Waals surface area contributed by atoms with E-state index in [4.69, 9.17) is 10.5 Å². The first-order chi connectivity index (χ1) is 15.7. The largest absolute Gasteiger partial charge is 0.423 e. The van der Waals surface area contributed by atoms with Gasteiger partial charge in [0.1, 0.15) is 5.75 Å². The molecule has 166 valence electrons. The first-order valence-electron chi connectivity index (χ1n) is 9.18. The number of rotatable bonds is 7. The molecule has 3 N–H and O–H groups in total. The van der Waals surface area contributed by atoms with Gasteiger partial charge in [-0.05, 0) is 54.1 Å². The number of hydrazone groups is 1. The number of non-ortho nitro benzene ring substituents is 2. The quantitative estimate of drug-likeness (QED) is 0.138. The van der Waals surface area contributed by atoms with E-state index in [1.165, 1.54) is 30.5 Å². The molecule has 0 saturated carbocycles. The van der Waals surface area contributed by atoms with E-state index < -0.39 is 33.1 Å². The Labute approximate surface area is 185 Å². The average molecular weight is 449 g/mol. The van der Waals surface area contributed by atoms with Gasteiger partial charge in [-0.3, -0.25) is 25.0 Å². The number of amides is 1. The van der Waals surface area contributed by atoms with Gasteiger partial charge in [0.15, 0.2) is 0 Å². The van der Waals surface area contributed by atoms with Gasteiger partial charge in [0.2, 0.25) is 0 Å². The molecular weight excluding hydrogens is 434 g/mol. The number of nitrogen functional groups attached to an aromatic ring is 1. The van der Waals surface area contributed by atoms with Crippen LogP contribution < -0.4 is 15.9 Å². The molecule has 0 aliphatic rings. The van der Waals surface area contributed by atoms with E-state index in [1.807, 2.05) is 0 Å². The molecule has 3 aromatic rings. The summed E-state index contributed by atoms with van der Waals surface area (Å²) < 4.78 is 5.13. The van der Waals surface area contributed by atoms with Gasteiger partial charge in [-0.25, -0.2) is 10.2 Å². The predicted molar refractivity (Wildman–Crippen MR) is 117 cm³/mol. The minimum absolute atomic E-state index is 0.0946. The minimum Gasteiger partial charge on any atom is -0.423 e. The van der Waals surface area contributed by atoms with Gasteiger partial charge in [0.05, 0.1) is 27.7 Å². The lowest BCUT2D eigenvalue weighted by molar-refractivity contribution is -0.394. The number of anilines is 1. The van der Waals surface area contributed by atoms with Crippen LogP contribution in [0.25, 0.3) is 0 Å². The molecule has 0 heterocycles. The Morgan fingerprint density at radius 3 is 2.00 bits per heavy atom. The van der Waals surface area contributed by atoms with Crippen LogP contribution in [0.2, 0.25) is 0 Å². The molecule has 0 atom stereocenters. The Balaban J connectivity index is 1.64. The molecule has 0 radical (unpaired) electrons. The van der Waals surface area contributed by atoms with E-state index in [-0.39, 0.29) is 11.3 Å². The summed E-state index contributed by atoms with van der Waals surface area (Å²) in [5.41, 5.74) is 7.85. The van der Waals surface area contributed by atoms with E-state index in [2.05, 4.69) is 10.5 Å². The van der Waals surface area contributed by atoms with E-state index in [9.17, 15) is 29.8 Å². The maximum atomic E-state index is 12.3. The number of nitro benzene ring substituents is 2. The number of carbonyl (C=O) groups excluding carboxylic acids is 2. The Hall–Kier alpha value is -5.13. The van der Waals surface area contributed by atoms with Crippen LogP contribution in [0.5, 0.6) is 5.75 Å². The summed E-state index contributed by atoms with van der Waals surface area (Å²) in [7, 11) is 0. The molecule has 0 aliphatic heterocycles. The zero-order chi connectivity index (χ0) is 24.0. The normalized spacial score (nSPS) is 10.5. The zero-order valence-corrected chi connectivity index (χ0v) is 16.7. The van der Waals surface area contributed by atoms with Crippen LogP contribution in [-0.2, 0) is 0 Å². The van der Waals surface area contributed by atoms with Gasteiger partial charge < -0.3 is 10.5 Å². The Morgan fingerprint density at radius 1 is 0.879 bits per heavy atom. The van der Waals surface area contributed by atoms with E-state index in [0.29, 0.717) is 16.8 Å². The van der Waals surface area contributed by atoms with Crippen LogP contribution >= 0.6 is 0 Å². The SMILES string of the molecule is Nc1ccc(C(=O)N/N=C\c2ccc(OC(=O)c3cc([N+](=O)[O-])cc([N+](=O)[O-])c3)cc2)cc1. The topological polar surface area (TPSA) is 180 Å². The third kappa shape index (κ3) is 5.95. The molecule has 3 rings (SSSR count). The van der Waals surface area contributed by atoms with E-state index in [0.717, 1.165) is 18.2 Å². The zero-order valence-electron chi connectivity index (χ0n) is 16.7. The molecule has 12 heteroatoms. The molecule has 0 fully saturated rings. The van der Waals surface area contributed by atoms with Crippen LogP contribution in [0, 0.1) is 20.2 Å². The Bertz CT molecular complexity index is 1220. The van der Waals surface area contributed by atoms with E-state index in [1.54, 1.807) is 24.3 Å². The second kappa shape index (κ2) is 9.78. The number of esters is 1. The molecule has 0 aliphatic carbocycles. The molecular formula is C21H15N5O7. The molecule has 3 aromatic carbocycles. The molecule has 0 bridgehead atoms. The van der Waals surface area contributed by atoms with Crippen molar-refractivity contribution in [2.24, 2.45) is 5.10 Å². The molecule has 1 amide bonds. The van der Waals surface area contributed by atoms with Crippen LogP contribution in [0.3, 0.4) is 0 Å². The molecule has 12 nitrogen and oxygen atoms in total. The van der Waals surface area contributed by atoms with Crippen molar-refractivity contribution in [3.8, 4) is 5.75 Å². The first kappa shape index (κ1) is 22.6. The second-order valence-electron chi connectivity index (χ2n) is 6.53. The van der Waals surface area contributed by atoms with Crippen LogP contribution in [0.1, 0.15) is 26.3 Å². The lowest BCUT2D eigenvalue weighted by atomic mass is 10.1. The van der Waals surface area contributed by atoms with Crippen molar-refractivity contribution in [2.45, 2.75) is 0 Å². The van der Waals surface area contributed by atoms with Gasteiger partial charge in [-0.1, -0.05) is 0 Å². The van der Waals surface area contributed by atoms with Crippen molar-refractivity contribution < 1.29 is 24.2 Å². The van der Waals surface area contributed by atoms with Crippen LogP contribution in [-0.4, -0.2) is 27.9 Å². The number of ether oxygens (including phenoxy) is 1. The molecule has 0 unspecified atom stereocenters. The summed E-state index contributed by atoms with van der Waals surface area (Å²) in [6.45, 7) is 0. The van der Waals surface area contributed by atoms with Crippen molar-refractivity contribution in [3.05, 3.63) is 104 Å². The number of hydrogen-bond donors (Lipinski definition) is 2. The Kier molecular flexibility index (Phi) is 6.69.